The van der Waals surface area contributed by atoms with E-state index in [2.05, 4.69) is 46.8 Å². The molecule has 0 bridgehead atoms. The highest BCUT2D eigenvalue weighted by Crippen LogP contribution is 2.19. The summed E-state index contributed by atoms with van der Waals surface area (Å²) in [7, 11) is 0. The van der Waals surface area contributed by atoms with Crippen molar-refractivity contribution in [1.29, 1.82) is 0 Å². The second kappa shape index (κ2) is 10.4. The molecule has 3 N–H and O–H groups in total. The Morgan fingerprint density at radius 2 is 1.61 bits per heavy atom. The van der Waals surface area contributed by atoms with Gasteiger partial charge in [-0.1, -0.05) is 38.1 Å². The van der Waals surface area contributed by atoms with Crippen molar-refractivity contribution in [1.82, 2.24) is 10.2 Å². The van der Waals surface area contributed by atoms with Gasteiger partial charge in [-0.15, -0.1) is 0 Å². The summed E-state index contributed by atoms with van der Waals surface area (Å²) in [5.41, 5.74) is 2.62. The van der Waals surface area contributed by atoms with Crippen LogP contribution in [0.15, 0.2) is 42.5 Å². The summed E-state index contributed by atoms with van der Waals surface area (Å²) in [4.78, 5) is 25.5. The molecule has 0 aliphatic rings. The average Bonchev–Trinajstić information content (AvgIpc) is 2.67. The highest BCUT2D eigenvalue weighted by Gasteiger charge is 2.08. The maximum Gasteiger partial charge on any atom is 0.319 e. The van der Waals surface area contributed by atoms with Crippen LogP contribution < -0.4 is 16.0 Å². The third kappa shape index (κ3) is 6.66. The number of hydrogen-bond donors (Lipinski definition) is 3. The van der Waals surface area contributed by atoms with E-state index >= 15 is 0 Å². The van der Waals surface area contributed by atoms with Crippen molar-refractivity contribution in [3.05, 3.63) is 59.4 Å². The smallest absolute Gasteiger partial charge is 0.319 e. The zero-order chi connectivity index (χ0) is 20.5. The number of anilines is 2. The molecule has 0 aliphatic carbocycles. The molecule has 6 nitrogen and oxygen atoms in total. The highest BCUT2D eigenvalue weighted by molar-refractivity contribution is 5.92. The quantitative estimate of drug-likeness (QED) is 0.643. The third-order valence-corrected chi connectivity index (χ3v) is 4.31. The lowest BCUT2D eigenvalue weighted by molar-refractivity contribution is -0.114. The molecule has 150 valence electrons. The molecule has 2 aromatic rings. The predicted octanol–water partition coefficient (Wildman–Crippen LogP) is 3.95. The lowest BCUT2D eigenvalue weighted by atomic mass is 10.1. The SMILES string of the molecule is CCN(CC)Cc1ccc(CNC(=O)Nc2ccc(F)c(NC(C)=O)c2)cc1. The van der Waals surface area contributed by atoms with Gasteiger partial charge in [-0.25, -0.2) is 9.18 Å². The van der Waals surface area contributed by atoms with Crippen LogP contribution in [0, 0.1) is 5.82 Å². The number of benzene rings is 2. The van der Waals surface area contributed by atoms with Crippen LogP contribution in [0.1, 0.15) is 31.9 Å². The number of carbonyl (C=O) groups excluding carboxylic acids is 2. The van der Waals surface area contributed by atoms with Crippen LogP contribution in [-0.4, -0.2) is 29.9 Å². The van der Waals surface area contributed by atoms with Crippen LogP contribution in [-0.2, 0) is 17.9 Å². The van der Waals surface area contributed by atoms with Crippen LogP contribution >= 0.6 is 0 Å². The molecule has 0 radical (unpaired) electrons. The minimum atomic E-state index is -0.564. The molecule has 0 unspecified atom stereocenters. The third-order valence-electron chi connectivity index (χ3n) is 4.31. The van der Waals surface area contributed by atoms with Gasteiger partial charge in [0.25, 0.3) is 0 Å². The Bertz CT molecular complexity index is 805. The van der Waals surface area contributed by atoms with Crippen LogP contribution in [0.4, 0.5) is 20.6 Å². The average molecular weight is 386 g/mol. The Labute approximate surface area is 165 Å². The van der Waals surface area contributed by atoms with Gasteiger partial charge in [0.1, 0.15) is 5.82 Å². The van der Waals surface area contributed by atoms with Gasteiger partial charge in [0.05, 0.1) is 5.69 Å². The minimum absolute atomic E-state index is 0.0223. The molecule has 0 fully saturated rings. The molecule has 7 heteroatoms. The van der Waals surface area contributed by atoms with Crippen molar-refractivity contribution in [3.63, 3.8) is 0 Å². The fraction of sp³-hybridized carbons (Fsp3) is 0.333. The molecule has 0 aromatic heterocycles. The van der Waals surface area contributed by atoms with E-state index in [1.165, 1.54) is 30.7 Å². The van der Waals surface area contributed by atoms with Crippen LogP contribution in [0.5, 0.6) is 0 Å². The van der Waals surface area contributed by atoms with Crippen molar-refractivity contribution < 1.29 is 14.0 Å². The molecule has 0 aliphatic heterocycles. The normalized spacial score (nSPS) is 10.6. The zero-order valence-corrected chi connectivity index (χ0v) is 16.5. The van der Waals surface area contributed by atoms with E-state index in [1.807, 2.05) is 12.1 Å². The largest absolute Gasteiger partial charge is 0.334 e. The van der Waals surface area contributed by atoms with Crippen molar-refractivity contribution >= 4 is 23.3 Å². The topological polar surface area (TPSA) is 73.5 Å². The molecule has 0 heterocycles. The van der Waals surface area contributed by atoms with Gasteiger partial charge in [0.15, 0.2) is 0 Å². The molecule has 2 aromatic carbocycles. The Hall–Kier alpha value is -2.93. The number of urea groups is 1. The first-order chi connectivity index (χ1) is 13.4. The molecule has 0 atom stereocenters. The van der Waals surface area contributed by atoms with E-state index in [0.29, 0.717) is 12.2 Å². The Morgan fingerprint density at radius 1 is 0.964 bits per heavy atom. The van der Waals surface area contributed by atoms with Gasteiger partial charge in [0.2, 0.25) is 5.91 Å². The van der Waals surface area contributed by atoms with E-state index in [9.17, 15) is 14.0 Å². The van der Waals surface area contributed by atoms with E-state index in [1.54, 1.807) is 0 Å². The predicted molar refractivity (Wildman–Crippen MR) is 110 cm³/mol. The summed E-state index contributed by atoms with van der Waals surface area (Å²) < 4.78 is 13.6. The molecular formula is C21H27FN4O2. The maximum atomic E-state index is 13.6. The molecule has 0 spiro atoms. The van der Waals surface area contributed by atoms with Gasteiger partial charge in [-0.05, 0) is 42.4 Å². The summed E-state index contributed by atoms with van der Waals surface area (Å²) in [6, 6.07) is 11.7. The fourth-order valence-corrected chi connectivity index (χ4v) is 2.71. The monoisotopic (exact) mass is 386 g/mol. The summed E-state index contributed by atoms with van der Waals surface area (Å²) in [5.74, 6) is -0.948. The zero-order valence-electron chi connectivity index (χ0n) is 16.5. The van der Waals surface area contributed by atoms with Gasteiger partial charge in [-0.2, -0.15) is 0 Å². The van der Waals surface area contributed by atoms with Crippen LogP contribution in [0.25, 0.3) is 0 Å². The number of amides is 3. The lowest BCUT2D eigenvalue weighted by Crippen LogP contribution is -2.28. The van der Waals surface area contributed by atoms with E-state index in [-0.39, 0.29) is 11.6 Å². The number of rotatable bonds is 8. The van der Waals surface area contributed by atoms with E-state index in [4.69, 9.17) is 0 Å². The number of nitrogens with one attached hydrogen (secondary N) is 3. The number of hydrogen-bond acceptors (Lipinski definition) is 3. The molecule has 0 saturated carbocycles. The summed E-state index contributed by atoms with van der Waals surface area (Å²) in [6.45, 7) is 8.86. The molecule has 0 saturated heterocycles. The van der Waals surface area contributed by atoms with Gasteiger partial charge in [-0.3, -0.25) is 9.69 Å². The Morgan fingerprint density at radius 3 is 2.21 bits per heavy atom. The lowest BCUT2D eigenvalue weighted by Gasteiger charge is -2.18. The van der Waals surface area contributed by atoms with Crippen molar-refractivity contribution in [2.24, 2.45) is 0 Å². The Balaban J connectivity index is 1.88. The summed E-state index contributed by atoms with van der Waals surface area (Å²) in [6.07, 6.45) is 0. The number of nitrogens with zero attached hydrogens (tertiary/aromatic N) is 1. The molecule has 2 rings (SSSR count). The first kappa shape index (κ1) is 21.4. The van der Waals surface area contributed by atoms with Crippen LogP contribution in [0.2, 0.25) is 0 Å². The molecule has 3 amide bonds. The standard InChI is InChI=1S/C21H27FN4O2/c1-4-26(5-2)14-17-8-6-16(7-9-17)13-23-21(28)25-18-10-11-19(22)20(12-18)24-15(3)27/h6-12H,4-5,13-14H2,1-3H3,(H,24,27)(H2,23,25,28). The second-order valence-corrected chi connectivity index (χ2v) is 6.46. The summed E-state index contributed by atoms with van der Waals surface area (Å²) in [5, 5.41) is 7.78. The first-order valence-electron chi connectivity index (χ1n) is 9.33. The van der Waals surface area contributed by atoms with Crippen molar-refractivity contribution in [2.75, 3.05) is 23.7 Å². The minimum Gasteiger partial charge on any atom is -0.334 e. The highest BCUT2D eigenvalue weighted by atomic mass is 19.1. The van der Waals surface area contributed by atoms with Crippen molar-refractivity contribution in [3.8, 4) is 0 Å². The number of carbonyl (C=O) groups is 2. The second-order valence-electron chi connectivity index (χ2n) is 6.46. The van der Waals surface area contributed by atoms with Gasteiger partial charge >= 0.3 is 6.03 Å². The fourth-order valence-electron chi connectivity index (χ4n) is 2.71. The van der Waals surface area contributed by atoms with Gasteiger partial charge in [0, 0.05) is 25.7 Å². The molecular weight excluding hydrogens is 359 g/mol. The number of halogens is 1. The maximum absolute atomic E-state index is 13.6. The Kier molecular flexibility index (Phi) is 7.95. The van der Waals surface area contributed by atoms with Gasteiger partial charge < -0.3 is 16.0 Å². The first-order valence-corrected chi connectivity index (χ1v) is 9.33. The van der Waals surface area contributed by atoms with E-state index in [0.717, 1.165) is 25.2 Å². The van der Waals surface area contributed by atoms with Crippen LogP contribution in [0.3, 0.4) is 0 Å². The molecule has 28 heavy (non-hydrogen) atoms. The van der Waals surface area contributed by atoms with Crippen molar-refractivity contribution in [2.45, 2.75) is 33.9 Å². The summed E-state index contributed by atoms with van der Waals surface area (Å²) >= 11 is 0. The van der Waals surface area contributed by atoms with E-state index < -0.39 is 11.8 Å².